The Kier molecular flexibility index (Phi) is 5.34. The number of aliphatic hydroxyl groups is 1. The summed E-state index contributed by atoms with van der Waals surface area (Å²) in [5.74, 6) is -0.254. The zero-order valence-electron chi connectivity index (χ0n) is 16.8. The quantitative estimate of drug-likeness (QED) is 0.717. The van der Waals surface area contributed by atoms with Crippen LogP contribution in [0, 0.1) is 0 Å². The van der Waals surface area contributed by atoms with Gasteiger partial charge in [0, 0.05) is 19.5 Å². The first-order valence-corrected chi connectivity index (χ1v) is 10.0. The second kappa shape index (κ2) is 7.93. The van der Waals surface area contributed by atoms with Crippen LogP contribution in [0.5, 0.6) is 5.75 Å². The van der Waals surface area contributed by atoms with Gasteiger partial charge in [-0.05, 0) is 42.5 Å². The Morgan fingerprint density at radius 1 is 1.14 bits per heavy atom. The van der Waals surface area contributed by atoms with Crippen LogP contribution in [0.15, 0.2) is 53.3 Å². The first-order valence-electron chi connectivity index (χ1n) is 10.0. The van der Waals surface area contributed by atoms with Gasteiger partial charge >= 0.3 is 0 Å². The smallest absolute Gasteiger partial charge is 0.281 e. The summed E-state index contributed by atoms with van der Waals surface area (Å²) in [4.78, 5) is 14.9. The maximum Gasteiger partial charge on any atom is 0.281 e. The molecule has 1 N–H and O–H groups in total. The van der Waals surface area contributed by atoms with E-state index in [-0.39, 0.29) is 5.56 Å². The fourth-order valence-electron chi connectivity index (χ4n) is 4.28. The number of piperidine rings is 1. The van der Waals surface area contributed by atoms with Crippen LogP contribution < -0.4 is 10.3 Å². The van der Waals surface area contributed by atoms with Crippen molar-refractivity contribution in [2.45, 2.75) is 38.0 Å². The van der Waals surface area contributed by atoms with Gasteiger partial charge in [-0.1, -0.05) is 42.5 Å². The molecule has 1 aliphatic heterocycles. The van der Waals surface area contributed by atoms with Crippen molar-refractivity contribution in [3.63, 3.8) is 0 Å². The number of nitrogens with zero attached hydrogens (tertiary/aromatic N) is 4. The van der Waals surface area contributed by atoms with Crippen LogP contribution in [0.3, 0.4) is 0 Å². The standard InChI is InChI=1S/C22H26N4O3/c1-3-22(28,26-21(27)18-9-4-6-10-19(18)23-24-26)25-14-12-16(13-15-25)17-8-5-7-11-20(17)29-2/h4-11,16,28H,3,12-15H2,1-2H3. The van der Waals surface area contributed by atoms with E-state index >= 15 is 0 Å². The lowest BCUT2D eigenvalue weighted by molar-refractivity contribution is -0.196. The van der Waals surface area contributed by atoms with Gasteiger partial charge in [-0.3, -0.25) is 9.69 Å². The minimum Gasteiger partial charge on any atom is -0.496 e. The van der Waals surface area contributed by atoms with E-state index in [1.165, 1.54) is 5.56 Å². The summed E-state index contributed by atoms with van der Waals surface area (Å²) in [6, 6.07) is 15.1. The van der Waals surface area contributed by atoms with Crippen LogP contribution in [0.4, 0.5) is 0 Å². The lowest BCUT2D eigenvalue weighted by atomic mass is 9.88. The summed E-state index contributed by atoms with van der Waals surface area (Å²) in [7, 11) is 1.69. The molecule has 152 valence electrons. The molecule has 0 saturated carbocycles. The molecule has 3 aromatic rings. The van der Waals surface area contributed by atoms with E-state index in [0.29, 0.717) is 36.3 Å². The Hall–Kier alpha value is -2.77. The molecule has 0 bridgehead atoms. The predicted molar refractivity (Wildman–Crippen MR) is 111 cm³/mol. The normalized spacial score (nSPS) is 17.9. The first kappa shape index (κ1) is 19.5. The Bertz CT molecular complexity index is 1060. The van der Waals surface area contributed by atoms with Gasteiger partial charge < -0.3 is 9.84 Å². The summed E-state index contributed by atoms with van der Waals surface area (Å²) in [5, 5.41) is 20.1. The molecular weight excluding hydrogens is 368 g/mol. The zero-order chi connectivity index (χ0) is 20.4. The molecule has 0 radical (unpaired) electrons. The van der Waals surface area contributed by atoms with Crippen molar-refractivity contribution in [3.05, 3.63) is 64.4 Å². The monoisotopic (exact) mass is 394 g/mol. The number of aromatic nitrogens is 3. The van der Waals surface area contributed by atoms with Crippen molar-refractivity contribution in [1.82, 2.24) is 19.9 Å². The molecule has 7 heteroatoms. The van der Waals surface area contributed by atoms with Crippen molar-refractivity contribution in [2.75, 3.05) is 20.2 Å². The highest BCUT2D eigenvalue weighted by Gasteiger charge is 2.40. The van der Waals surface area contributed by atoms with Gasteiger partial charge in [0.15, 0.2) is 0 Å². The number of methoxy groups -OCH3 is 1. The molecule has 0 spiro atoms. The molecule has 29 heavy (non-hydrogen) atoms. The maximum atomic E-state index is 13.0. The van der Waals surface area contributed by atoms with Crippen LogP contribution in [0.1, 0.15) is 37.7 Å². The van der Waals surface area contributed by atoms with Gasteiger partial charge in [0.05, 0.1) is 12.5 Å². The van der Waals surface area contributed by atoms with E-state index in [4.69, 9.17) is 4.74 Å². The van der Waals surface area contributed by atoms with E-state index in [0.717, 1.165) is 23.3 Å². The summed E-state index contributed by atoms with van der Waals surface area (Å²) in [6.07, 6.45) is 2.05. The second-order valence-electron chi connectivity index (χ2n) is 7.45. The largest absolute Gasteiger partial charge is 0.496 e. The molecule has 1 saturated heterocycles. The van der Waals surface area contributed by atoms with Crippen molar-refractivity contribution >= 4 is 10.9 Å². The third-order valence-electron chi connectivity index (χ3n) is 5.96. The minimum absolute atomic E-state index is 0.327. The molecule has 2 aromatic carbocycles. The first-order chi connectivity index (χ1) is 14.1. The fourth-order valence-corrected chi connectivity index (χ4v) is 4.28. The van der Waals surface area contributed by atoms with Crippen LogP contribution in [-0.4, -0.2) is 45.2 Å². The average molecular weight is 394 g/mol. The zero-order valence-corrected chi connectivity index (χ0v) is 16.8. The van der Waals surface area contributed by atoms with E-state index in [2.05, 4.69) is 16.4 Å². The molecule has 7 nitrogen and oxygen atoms in total. The number of ether oxygens (including phenoxy) is 1. The SMILES string of the molecule is CCC(O)(N1CCC(c2ccccc2OC)CC1)n1nnc2ccccc2c1=O. The second-order valence-corrected chi connectivity index (χ2v) is 7.45. The number of fused-ring (bicyclic) bond motifs is 1. The number of rotatable bonds is 5. The average Bonchev–Trinajstić information content (AvgIpc) is 2.79. The number of hydrogen-bond donors (Lipinski definition) is 1. The van der Waals surface area contributed by atoms with Crippen LogP contribution in [-0.2, 0) is 5.85 Å². The van der Waals surface area contributed by atoms with E-state index in [9.17, 15) is 9.90 Å². The van der Waals surface area contributed by atoms with Crippen molar-refractivity contribution < 1.29 is 9.84 Å². The maximum absolute atomic E-state index is 13.0. The van der Waals surface area contributed by atoms with E-state index in [1.54, 1.807) is 25.3 Å². The molecule has 1 unspecified atom stereocenters. The number of para-hydroxylation sites is 1. The molecule has 2 heterocycles. The summed E-state index contributed by atoms with van der Waals surface area (Å²) in [5.41, 5.74) is 1.39. The molecule has 1 aromatic heterocycles. The number of hydrogen-bond acceptors (Lipinski definition) is 6. The molecule has 4 rings (SSSR count). The third-order valence-corrected chi connectivity index (χ3v) is 5.96. The highest BCUT2D eigenvalue weighted by molar-refractivity contribution is 5.76. The van der Waals surface area contributed by atoms with Gasteiger partial charge in [0.2, 0.25) is 5.85 Å². The van der Waals surface area contributed by atoms with Crippen LogP contribution >= 0.6 is 0 Å². The van der Waals surface area contributed by atoms with E-state index < -0.39 is 5.85 Å². The van der Waals surface area contributed by atoms with Crippen molar-refractivity contribution in [3.8, 4) is 5.75 Å². The molecule has 1 fully saturated rings. The predicted octanol–water partition coefficient (Wildman–Crippen LogP) is 2.69. The van der Waals surface area contributed by atoms with Gasteiger partial charge in [0.25, 0.3) is 5.56 Å². The molecular formula is C22H26N4O3. The summed E-state index contributed by atoms with van der Waals surface area (Å²) < 4.78 is 6.65. The molecule has 1 aliphatic rings. The number of likely N-dealkylation sites (tertiary alicyclic amines) is 1. The Balaban J connectivity index is 1.61. The highest BCUT2D eigenvalue weighted by Crippen LogP contribution is 2.36. The lowest BCUT2D eigenvalue weighted by Gasteiger charge is -2.42. The topological polar surface area (TPSA) is 80.5 Å². The highest BCUT2D eigenvalue weighted by atomic mass is 16.5. The van der Waals surface area contributed by atoms with E-state index in [1.807, 2.05) is 36.1 Å². The Morgan fingerprint density at radius 3 is 2.55 bits per heavy atom. The fraction of sp³-hybridized carbons (Fsp3) is 0.409. The molecule has 1 atom stereocenters. The Morgan fingerprint density at radius 2 is 1.83 bits per heavy atom. The minimum atomic E-state index is -1.50. The van der Waals surface area contributed by atoms with Gasteiger partial charge in [-0.15, -0.1) is 5.10 Å². The molecule has 0 aliphatic carbocycles. The van der Waals surface area contributed by atoms with Crippen LogP contribution in [0.2, 0.25) is 0 Å². The Labute approximate surface area is 169 Å². The van der Waals surface area contributed by atoms with Crippen molar-refractivity contribution in [2.24, 2.45) is 0 Å². The third kappa shape index (κ3) is 3.41. The van der Waals surface area contributed by atoms with Crippen molar-refractivity contribution in [1.29, 1.82) is 0 Å². The summed E-state index contributed by atoms with van der Waals surface area (Å²) in [6.45, 7) is 3.15. The lowest BCUT2D eigenvalue weighted by Crippen LogP contribution is -2.57. The molecule has 0 amide bonds. The van der Waals surface area contributed by atoms with Gasteiger partial charge in [-0.25, -0.2) is 0 Å². The van der Waals surface area contributed by atoms with Gasteiger partial charge in [-0.2, -0.15) is 4.68 Å². The van der Waals surface area contributed by atoms with Crippen LogP contribution in [0.25, 0.3) is 10.9 Å². The number of benzene rings is 2. The van der Waals surface area contributed by atoms with Gasteiger partial charge in [0.1, 0.15) is 11.3 Å². The summed E-state index contributed by atoms with van der Waals surface area (Å²) >= 11 is 0.